The van der Waals surface area contributed by atoms with Crippen LogP contribution >= 0.6 is 46.3 Å². The van der Waals surface area contributed by atoms with Gasteiger partial charge in [-0.15, -0.1) is 23.1 Å². The largest absolute Gasteiger partial charge is 0.469 e. The van der Waals surface area contributed by atoms with Crippen molar-refractivity contribution in [3.63, 3.8) is 0 Å². The molecule has 0 aliphatic carbocycles. The van der Waals surface area contributed by atoms with E-state index in [1.54, 1.807) is 16.4 Å². The number of esters is 1. The number of thioether (sulfide) groups is 1. The lowest BCUT2D eigenvalue weighted by atomic mass is 10.1. The number of aryl methyl sites for hydroxylation is 1. The molecule has 1 heterocycles. The number of sulfonamides is 1. The summed E-state index contributed by atoms with van der Waals surface area (Å²) in [5.41, 5.74) is 1.50. The minimum Gasteiger partial charge on any atom is -0.469 e. The van der Waals surface area contributed by atoms with Gasteiger partial charge in [0.2, 0.25) is 0 Å². The molecule has 0 saturated heterocycles. The SMILES string of the molecule is CCCN(C[C@@H](C)Sc1ccc(CC(=O)OC)cc1Cl)S(=O)(=O)c1sc2ccc(Cl)cc2c1C. The highest BCUT2D eigenvalue weighted by Gasteiger charge is 2.30. The van der Waals surface area contributed by atoms with Gasteiger partial charge < -0.3 is 4.74 Å². The van der Waals surface area contributed by atoms with Crippen molar-refractivity contribution in [1.29, 1.82) is 0 Å². The second-order valence-corrected chi connectivity index (χ2v) is 13.5. The van der Waals surface area contributed by atoms with Crippen molar-refractivity contribution in [1.82, 2.24) is 4.31 Å². The number of halogens is 2. The van der Waals surface area contributed by atoms with Gasteiger partial charge in [-0.05, 0) is 60.2 Å². The van der Waals surface area contributed by atoms with Crippen LogP contribution in [0, 0.1) is 6.92 Å². The van der Waals surface area contributed by atoms with Crippen molar-refractivity contribution in [2.45, 2.75) is 48.0 Å². The van der Waals surface area contributed by atoms with Gasteiger partial charge in [0.15, 0.2) is 0 Å². The number of hydrogen-bond donors (Lipinski definition) is 0. The molecule has 0 fully saturated rings. The molecule has 34 heavy (non-hydrogen) atoms. The summed E-state index contributed by atoms with van der Waals surface area (Å²) >= 11 is 15.4. The lowest BCUT2D eigenvalue weighted by Crippen LogP contribution is -2.36. The number of fused-ring (bicyclic) bond motifs is 1. The van der Waals surface area contributed by atoms with E-state index in [0.29, 0.717) is 33.8 Å². The number of benzene rings is 2. The molecule has 0 N–H and O–H groups in total. The van der Waals surface area contributed by atoms with Crippen LogP contribution < -0.4 is 0 Å². The van der Waals surface area contributed by atoms with Crippen LogP contribution in [-0.2, 0) is 26.0 Å². The molecule has 3 aromatic rings. The Morgan fingerprint density at radius 1 is 1.21 bits per heavy atom. The van der Waals surface area contributed by atoms with Crippen molar-refractivity contribution in [2.75, 3.05) is 20.2 Å². The van der Waals surface area contributed by atoms with Crippen LogP contribution in [0.25, 0.3) is 10.1 Å². The van der Waals surface area contributed by atoms with Crippen molar-refractivity contribution in [3.8, 4) is 0 Å². The van der Waals surface area contributed by atoms with Crippen LogP contribution in [0.15, 0.2) is 45.5 Å². The first-order valence-corrected chi connectivity index (χ1v) is 14.7. The molecule has 0 amide bonds. The standard InChI is InChI=1S/C24H27Cl2NO4S3/c1-5-10-27(34(29,30)24-16(3)19-13-18(25)7-9-21(19)33-24)14-15(2)32-22-8-6-17(11-20(22)26)12-23(28)31-4/h6-9,11,13,15H,5,10,12,14H2,1-4H3/t15-/m1/s1. The highest BCUT2D eigenvalue weighted by atomic mass is 35.5. The second kappa shape index (κ2) is 11.6. The molecule has 0 saturated carbocycles. The Morgan fingerprint density at radius 2 is 1.94 bits per heavy atom. The first kappa shape index (κ1) is 27.3. The first-order valence-electron chi connectivity index (χ1n) is 10.8. The predicted molar refractivity (Wildman–Crippen MR) is 143 cm³/mol. The van der Waals surface area contributed by atoms with Gasteiger partial charge in [-0.25, -0.2) is 8.42 Å². The van der Waals surface area contributed by atoms with E-state index in [1.165, 1.54) is 30.2 Å². The third kappa shape index (κ3) is 6.28. The molecule has 3 rings (SSSR count). The Hall–Kier alpha value is -1.29. The van der Waals surface area contributed by atoms with E-state index in [9.17, 15) is 13.2 Å². The summed E-state index contributed by atoms with van der Waals surface area (Å²) in [5, 5.41) is 1.94. The number of rotatable bonds is 10. The van der Waals surface area contributed by atoms with Crippen molar-refractivity contribution < 1.29 is 17.9 Å². The van der Waals surface area contributed by atoms with E-state index in [4.69, 9.17) is 27.9 Å². The summed E-state index contributed by atoms with van der Waals surface area (Å²) in [6.07, 6.45) is 0.855. The van der Waals surface area contributed by atoms with Gasteiger partial charge in [0.25, 0.3) is 10.0 Å². The van der Waals surface area contributed by atoms with Crippen LogP contribution in [0.4, 0.5) is 0 Å². The Kier molecular flexibility index (Phi) is 9.34. The van der Waals surface area contributed by atoms with E-state index in [-0.39, 0.29) is 17.6 Å². The summed E-state index contributed by atoms with van der Waals surface area (Å²) < 4.78 is 34.8. The maximum Gasteiger partial charge on any atom is 0.309 e. The molecule has 0 aliphatic rings. The van der Waals surface area contributed by atoms with E-state index in [2.05, 4.69) is 0 Å². The number of ether oxygens (including phenoxy) is 1. The van der Waals surface area contributed by atoms with E-state index in [0.717, 1.165) is 26.1 Å². The Morgan fingerprint density at radius 3 is 2.59 bits per heavy atom. The van der Waals surface area contributed by atoms with Gasteiger partial charge in [-0.2, -0.15) is 4.31 Å². The number of carbonyl (C=O) groups is 1. The highest BCUT2D eigenvalue weighted by Crippen LogP contribution is 2.38. The average Bonchev–Trinajstić information content (AvgIpc) is 3.11. The van der Waals surface area contributed by atoms with E-state index >= 15 is 0 Å². The maximum atomic E-state index is 13.7. The third-order valence-corrected chi connectivity index (χ3v) is 10.8. The summed E-state index contributed by atoms with van der Waals surface area (Å²) in [4.78, 5) is 12.3. The fraction of sp³-hybridized carbons (Fsp3) is 0.375. The molecule has 1 atom stereocenters. The fourth-order valence-electron chi connectivity index (χ4n) is 3.62. The minimum absolute atomic E-state index is 0.0468. The van der Waals surface area contributed by atoms with Crippen LogP contribution in [0.2, 0.25) is 10.0 Å². The van der Waals surface area contributed by atoms with Crippen LogP contribution in [0.3, 0.4) is 0 Å². The normalized spacial score (nSPS) is 12.9. The molecule has 184 valence electrons. The zero-order valence-corrected chi connectivity index (χ0v) is 23.4. The number of methoxy groups -OCH3 is 1. The molecule has 2 aromatic carbocycles. The van der Waals surface area contributed by atoms with Crippen LogP contribution in [-0.4, -0.2) is 44.1 Å². The maximum absolute atomic E-state index is 13.7. The third-order valence-electron chi connectivity index (χ3n) is 5.26. The molecule has 1 aromatic heterocycles. The molecule has 10 heteroatoms. The van der Waals surface area contributed by atoms with Gasteiger partial charge in [0, 0.05) is 33.0 Å². The zero-order chi connectivity index (χ0) is 25.0. The number of thiophene rings is 1. The molecular formula is C24H27Cl2NO4S3. The van der Waals surface area contributed by atoms with Crippen LogP contribution in [0.1, 0.15) is 31.4 Å². The number of carbonyl (C=O) groups excluding carboxylic acids is 1. The molecule has 0 spiro atoms. The smallest absolute Gasteiger partial charge is 0.309 e. The highest BCUT2D eigenvalue weighted by molar-refractivity contribution is 8.00. The predicted octanol–water partition coefficient (Wildman–Crippen LogP) is 6.81. The van der Waals surface area contributed by atoms with E-state index in [1.807, 2.05) is 45.0 Å². The molecule has 0 unspecified atom stereocenters. The van der Waals surface area contributed by atoms with Crippen molar-refractivity contribution in [3.05, 3.63) is 57.6 Å². The van der Waals surface area contributed by atoms with Crippen molar-refractivity contribution in [2.24, 2.45) is 0 Å². The van der Waals surface area contributed by atoms with Gasteiger partial charge >= 0.3 is 5.97 Å². The van der Waals surface area contributed by atoms with Gasteiger partial charge in [-0.1, -0.05) is 43.1 Å². The number of hydrogen-bond acceptors (Lipinski definition) is 6. The van der Waals surface area contributed by atoms with Crippen LogP contribution in [0.5, 0.6) is 0 Å². The Balaban J connectivity index is 1.80. The van der Waals surface area contributed by atoms with Gasteiger partial charge in [0.1, 0.15) is 4.21 Å². The molecular weight excluding hydrogens is 533 g/mol. The molecule has 5 nitrogen and oxygen atoms in total. The first-order chi connectivity index (χ1) is 16.1. The molecule has 0 aliphatic heterocycles. The van der Waals surface area contributed by atoms with E-state index < -0.39 is 10.0 Å². The lowest BCUT2D eigenvalue weighted by molar-refractivity contribution is -0.139. The van der Waals surface area contributed by atoms with Gasteiger partial charge in [0.05, 0.1) is 18.6 Å². The fourth-order valence-corrected chi connectivity index (χ4v) is 8.73. The van der Waals surface area contributed by atoms with Crippen molar-refractivity contribution >= 4 is 72.4 Å². The Labute approximate surface area is 219 Å². The lowest BCUT2D eigenvalue weighted by Gasteiger charge is -2.24. The topological polar surface area (TPSA) is 63.7 Å². The zero-order valence-electron chi connectivity index (χ0n) is 19.4. The average molecular weight is 561 g/mol. The molecule has 0 radical (unpaired) electrons. The monoisotopic (exact) mass is 559 g/mol. The van der Waals surface area contributed by atoms with Gasteiger partial charge in [-0.3, -0.25) is 4.79 Å². The number of nitrogens with zero attached hydrogens (tertiary/aromatic N) is 1. The summed E-state index contributed by atoms with van der Waals surface area (Å²) in [5.74, 6) is -0.330. The summed E-state index contributed by atoms with van der Waals surface area (Å²) in [6, 6.07) is 10.9. The molecule has 0 bridgehead atoms. The minimum atomic E-state index is -3.68. The summed E-state index contributed by atoms with van der Waals surface area (Å²) in [7, 11) is -2.33. The summed E-state index contributed by atoms with van der Waals surface area (Å²) in [6.45, 7) is 6.55. The Bertz CT molecular complexity index is 1290. The quantitative estimate of drug-likeness (QED) is 0.201. The second-order valence-electron chi connectivity index (χ2n) is 7.96.